The van der Waals surface area contributed by atoms with Crippen molar-refractivity contribution in [3.05, 3.63) is 0 Å². The van der Waals surface area contributed by atoms with Crippen LogP contribution in [0.5, 0.6) is 0 Å². The number of methoxy groups -OCH3 is 1. The lowest BCUT2D eigenvalue weighted by Gasteiger charge is -2.14. The van der Waals surface area contributed by atoms with Gasteiger partial charge in [0.2, 0.25) is 6.10 Å². The van der Waals surface area contributed by atoms with Gasteiger partial charge in [0.15, 0.2) is 6.10 Å². The topological polar surface area (TPSA) is 78.9 Å². The molecule has 0 unspecified atom stereocenters. The van der Waals surface area contributed by atoms with Crippen molar-refractivity contribution < 1.29 is 28.6 Å². The minimum atomic E-state index is -1.13. The Hall–Kier alpha value is -1.59. The van der Waals surface area contributed by atoms with Gasteiger partial charge in [-0.1, -0.05) is 0 Å². The van der Waals surface area contributed by atoms with Crippen molar-refractivity contribution in [1.29, 1.82) is 0 Å². The Morgan fingerprint density at radius 1 is 1.50 bits per heavy atom. The second kappa shape index (κ2) is 4.08. The lowest BCUT2D eigenvalue weighted by molar-refractivity contribution is -0.166. The molecule has 6 nitrogen and oxygen atoms in total. The van der Waals surface area contributed by atoms with Crippen molar-refractivity contribution in [3.63, 3.8) is 0 Å². The summed E-state index contributed by atoms with van der Waals surface area (Å²) in [5, 5.41) is 0. The maximum Gasteiger partial charge on any atom is 0.351 e. The van der Waals surface area contributed by atoms with Crippen LogP contribution in [0.25, 0.3) is 0 Å². The molecule has 1 rings (SSSR count). The second-order valence-electron chi connectivity index (χ2n) is 2.79. The van der Waals surface area contributed by atoms with Gasteiger partial charge < -0.3 is 14.2 Å². The van der Waals surface area contributed by atoms with Crippen LogP contribution in [0.1, 0.15) is 13.3 Å². The van der Waals surface area contributed by atoms with Crippen LogP contribution in [-0.4, -0.2) is 37.2 Å². The predicted molar refractivity (Wildman–Crippen MR) is 42.1 cm³/mol. The number of hydrogen-bond donors (Lipinski definition) is 0. The molecule has 0 aromatic heterocycles. The molecule has 0 spiro atoms. The fraction of sp³-hybridized carbons (Fsp3) is 0.625. The predicted octanol–water partition coefficient (Wildman–Crippen LogP) is -0.593. The molecule has 6 heteroatoms. The highest BCUT2D eigenvalue weighted by atomic mass is 16.6. The smallest absolute Gasteiger partial charge is 0.351 e. The summed E-state index contributed by atoms with van der Waals surface area (Å²) >= 11 is 0. The van der Waals surface area contributed by atoms with Crippen LogP contribution in [0.15, 0.2) is 0 Å². The van der Waals surface area contributed by atoms with Gasteiger partial charge >= 0.3 is 17.9 Å². The van der Waals surface area contributed by atoms with E-state index in [2.05, 4.69) is 9.47 Å². The van der Waals surface area contributed by atoms with Crippen molar-refractivity contribution in [1.82, 2.24) is 0 Å². The Balaban J connectivity index is 2.67. The van der Waals surface area contributed by atoms with Gasteiger partial charge in [0, 0.05) is 6.92 Å². The van der Waals surface area contributed by atoms with E-state index >= 15 is 0 Å². The number of hydrogen-bond acceptors (Lipinski definition) is 6. The molecule has 78 valence electrons. The highest BCUT2D eigenvalue weighted by Crippen LogP contribution is 2.19. The van der Waals surface area contributed by atoms with Crippen molar-refractivity contribution in [2.45, 2.75) is 25.6 Å². The van der Waals surface area contributed by atoms with Gasteiger partial charge in [-0.3, -0.25) is 9.59 Å². The summed E-state index contributed by atoms with van der Waals surface area (Å²) in [5.41, 5.74) is 0. The average Bonchev–Trinajstić information content (AvgIpc) is 2.44. The highest BCUT2D eigenvalue weighted by molar-refractivity contribution is 5.84. The lowest BCUT2D eigenvalue weighted by atomic mass is 10.2. The summed E-state index contributed by atoms with van der Waals surface area (Å²) in [6.45, 7) is 1.19. The van der Waals surface area contributed by atoms with Crippen LogP contribution in [0.4, 0.5) is 0 Å². The minimum absolute atomic E-state index is 0.112. The SMILES string of the molecule is COC(=O)[C@@H]1OC(=O)C[C@@H]1OC(C)=O. The third-order valence-corrected chi connectivity index (χ3v) is 1.71. The number of carbonyl (C=O) groups is 3. The maximum atomic E-state index is 11.1. The molecule has 1 fully saturated rings. The van der Waals surface area contributed by atoms with Crippen LogP contribution in [0.3, 0.4) is 0 Å². The zero-order valence-electron chi connectivity index (χ0n) is 7.81. The highest BCUT2D eigenvalue weighted by Gasteiger charge is 2.43. The van der Waals surface area contributed by atoms with E-state index in [0.29, 0.717) is 0 Å². The summed E-state index contributed by atoms with van der Waals surface area (Å²) in [4.78, 5) is 32.5. The minimum Gasteiger partial charge on any atom is -0.466 e. The molecule has 0 aromatic carbocycles. The number of rotatable bonds is 2. The van der Waals surface area contributed by atoms with Gasteiger partial charge in [0.25, 0.3) is 0 Å². The summed E-state index contributed by atoms with van der Waals surface area (Å²) < 4.78 is 13.8. The van der Waals surface area contributed by atoms with Gasteiger partial charge in [0.1, 0.15) is 0 Å². The van der Waals surface area contributed by atoms with Crippen LogP contribution >= 0.6 is 0 Å². The van der Waals surface area contributed by atoms with Gasteiger partial charge in [-0.15, -0.1) is 0 Å². The standard InChI is InChI=1S/C8H10O6/c1-4(9)13-5-3-6(10)14-7(5)8(11)12-2/h5,7H,3H2,1-2H3/t5-,7+/m0/s1. The van der Waals surface area contributed by atoms with E-state index < -0.39 is 30.1 Å². The van der Waals surface area contributed by atoms with E-state index in [0.717, 1.165) is 0 Å². The average molecular weight is 202 g/mol. The molecule has 0 saturated carbocycles. The summed E-state index contributed by atoms with van der Waals surface area (Å²) in [6.07, 6.45) is -2.11. The monoisotopic (exact) mass is 202 g/mol. The van der Waals surface area contributed by atoms with Gasteiger partial charge in [0.05, 0.1) is 13.5 Å². The largest absolute Gasteiger partial charge is 0.466 e. The third kappa shape index (κ3) is 2.21. The molecule has 0 N–H and O–H groups in total. The Labute approximate surface area is 80.1 Å². The summed E-state index contributed by atoms with van der Waals surface area (Å²) in [5.74, 6) is -1.86. The molecule has 1 heterocycles. The molecule has 0 aliphatic carbocycles. The van der Waals surface area contributed by atoms with E-state index in [9.17, 15) is 14.4 Å². The van der Waals surface area contributed by atoms with E-state index in [1.807, 2.05) is 0 Å². The lowest BCUT2D eigenvalue weighted by Crippen LogP contribution is -2.34. The van der Waals surface area contributed by atoms with Crippen molar-refractivity contribution >= 4 is 17.9 Å². The molecule has 0 amide bonds. The fourth-order valence-electron chi connectivity index (χ4n) is 1.17. The van der Waals surface area contributed by atoms with Gasteiger partial charge in [-0.25, -0.2) is 4.79 Å². The molecule has 0 bridgehead atoms. The molecule has 14 heavy (non-hydrogen) atoms. The number of cyclic esters (lactones) is 1. The van der Waals surface area contributed by atoms with Crippen LogP contribution < -0.4 is 0 Å². The van der Waals surface area contributed by atoms with Crippen LogP contribution in [0.2, 0.25) is 0 Å². The van der Waals surface area contributed by atoms with Crippen LogP contribution in [0, 0.1) is 0 Å². The first kappa shape index (κ1) is 10.5. The molecular formula is C8H10O6. The van der Waals surface area contributed by atoms with Crippen molar-refractivity contribution in [2.75, 3.05) is 7.11 Å². The zero-order valence-corrected chi connectivity index (χ0v) is 7.81. The van der Waals surface area contributed by atoms with E-state index in [-0.39, 0.29) is 6.42 Å². The second-order valence-corrected chi connectivity index (χ2v) is 2.79. The van der Waals surface area contributed by atoms with Crippen molar-refractivity contribution in [2.24, 2.45) is 0 Å². The van der Waals surface area contributed by atoms with E-state index in [1.165, 1.54) is 14.0 Å². The fourth-order valence-corrected chi connectivity index (χ4v) is 1.17. The first-order valence-electron chi connectivity index (χ1n) is 3.99. The molecule has 1 aliphatic rings. The number of esters is 3. The number of carbonyl (C=O) groups excluding carboxylic acids is 3. The third-order valence-electron chi connectivity index (χ3n) is 1.71. The summed E-state index contributed by atoms with van der Waals surface area (Å²) in [6, 6.07) is 0. The first-order chi connectivity index (χ1) is 6.54. The van der Waals surface area contributed by atoms with Gasteiger partial charge in [-0.05, 0) is 0 Å². The van der Waals surface area contributed by atoms with Crippen molar-refractivity contribution in [3.8, 4) is 0 Å². The normalized spacial score (nSPS) is 25.4. The van der Waals surface area contributed by atoms with Crippen LogP contribution in [-0.2, 0) is 28.6 Å². The molecule has 1 saturated heterocycles. The quantitative estimate of drug-likeness (QED) is 0.439. The molecular weight excluding hydrogens is 192 g/mol. The molecule has 0 aromatic rings. The maximum absolute atomic E-state index is 11.1. The Kier molecular flexibility index (Phi) is 3.06. The first-order valence-corrected chi connectivity index (χ1v) is 3.99. The molecule has 0 radical (unpaired) electrons. The summed E-state index contributed by atoms with van der Waals surface area (Å²) in [7, 11) is 1.17. The molecule has 2 atom stereocenters. The zero-order chi connectivity index (χ0) is 10.7. The van der Waals surface area contributed by atoms with Gasteiger partial charge in [-0.2, -0.15) is 0 Å². The Morgan fingerprint density at radius 3 is 2.64 bits per heavy atom. The van der Waals surface area contributed by atoms with E-state index in [1.54, 1.807) is 0 Å². The number of ether oxygens (including phenoxy) is 3. The van der Waals surface area contributed by atoms with E-state index in [4.69, 9.17) is 4.74 Å². The Morgan fingerprint density at radius 2 is 2.14 bits per heavy atom. The Bertz CT molecular complexity index is 271. The molecule has 1 aliphatic heterocycles.